The minimum absolute atomic E-state index is 0.120. The van der Waals surface area contributed by atoms with Gasteiger partial charge < -0.3 is 9.47 Å². The van der Waals surface area contributed by atoms with E-state index in [1.807, 2.05) is 30.3 Å². The molecule has 0 unspecified atom stereocenters. The summed E-state index contributed by atoms with van der Waals surface area (Å²) in [5.41, 5.74) is 1.08. The number of alkyl halides is 2. The molecule has 2 rings (SSSR count). The van der Waals surface area contributed by atoms with Gasteiger partial charge in [-0.1, -0.05) is 62.2 Å². The van der Waals surface area contributed by atoms with E-state index in [1.54, 1.807) is 0 Å². The molecular weight excluding hydrogens is 324 g/mol. The van der Waals surface area contributed by atoms with Crippen molar-refractivity contribution < 1.29 is 9.47 Å². The first kappa shape index (κ1) is 11.6. The first-order valence-electron chi connectivity index (χ1n) is 4.83. The van der Waals surface area contributed by atoms with Gasteiger partial charge in [0.25, 0.3) is 0 Å². The van der Waals surface area contributed by atoms with Crippen LogP contribution in [0.4, 0.5) is 0 Å². The summed E-state index contributed by atoms with van der Waals surface area (Å²) in [4.78, 5) is 0. The van der Waals surface area contributed by atoms with Crippen LogP contribution in [0.3, 0.4) is 0 Å². The van der Waals surface area contributed by atoms with E-state index in [2.05, 4.69) is 31.9 Å². The summed E-state index contributed by atoms with van der Waals surface area (Å²) in [5.74, 6) is 0. The van der Waals surface area contributed by atoms with Crippen molar-refractivity contribution in [2.45, 2.75) is 18.5 Å². The topological polar surface area (TPSA) is 18.5 Å². The molecule has 0 N–H and O–H groups in total. The first-order valence-corrected chi connectivity index (χ1v) is 7.07. The van der Waals surface area contributed by atoms with Gasteiger partial charge in [0.15, 0.2) is 6.29 Å². The van der Waals surface area contributed by atoms with Gasteiger partial charge in [0, 0.05) is 16.2 Å². The highest BCUT2D eigenvalue weighted by Crippen LogP contribution is 2.32. The highest BCUT2D eigenvalue weighted by Gasteiger charge is 2.35. The van der Waals surface area contributed by atoms with Crippen molar-refractivity contribution in [2.75, 3.05) is 10.7 Å². The van der Waals surface area contributed by atoms with Crippen molar-refractivity contribution in [3.8, 4) is 0 Å². The first-order chi connectivity index (χ1) is 7.35. The second-order valence-corrected chi connectivity index (χ2v) is 4.70. The predicted octanol–water partition coefficient (Wildman–Crippen LogP) is 3.26. The van der Waals surface area contributed by atoms with Gasteiger partial charge >= 0.3 is 0 Å². The molecule has 0 radical (unpaired) electrons. The van der Waals surface area contributed by atoms with Gasteiger partial charge in [-0.3, -0.25) is 0 Å². The number of hydrogen-bond acceptors (Lipinski definition) is 2. The Kier molecular flexibility index (Phi) is 4.20. The van der Waals surface area contributed by atoms with Crippen molar-refractivity contribution in [1.29, 1.82) is 0 Å². The van der Waals surface area contributed by atoms with Gasteiger partial charge in [-0.15, -0.1) is 0 Å². The third kappa shape index (κ3) is 2.61. The summed E-state index contributed by atoms with van der Waals surface area (Å²) >= 11 is 6.86. The van der Waals surface area contributed by atoms with E-state index in [4.69, 9.17) is 9.47 Å². The monoisotopic (exact) mass is 334 g/mol. The number of benzene rings is 1. The Bertz CT molecular complexity index is 293. The lowest BCUT2D eigenvalue weighted by atomic mass is 10.2. The third-order valence-electron chi connectivity index (χ3n) is 2.39. The van der Waals surface area contributed by atoms with Crippen LogP contribution in [0.15, 0.2) is 30.3 Å². The maximum Gasteiger partial charge on any atom is 0.184 e. The SMILES string of the molecule is BrC[C@@H]1OC(c2ccccc2)O[C@H]1CBr. The maximum absolute atomic E-state index is 5.80. The zero-order valence-electron chi connectivity index (χ0n) is 8.11. The Hall–Kier alpha value is 0.100. The van der Waals surface area contributed by atoms with Crippen LogP contribution >= 0.6 is 31.9 Å². The van der Waals surface area contributed by atoms with E-state index in [1.165, 1.54) is 0 Å². The molecule has 1 aromatic carbocycles. The van der Waals surface area contributed by atoms with E-state index in [0.717, 1.165) is 16.2 Å². The molecule has 1 saturated heterocycles. The van der Waals surface area contributed by atoms with E-state index >= 15 is 0 Å². The average molecular weight is 336 g/mol. The Morgan fingerprint density at radius 3 is 1.93 bits per heavy atom. The van der Waals surface area contributed by atoms with Gasteiger partial charge in [0.2, 0.25) is 0 Å². The zero-order chi connectivity index (χ0) is 10.7. The van der Waals surface area contributed by atoms with Crippen molar-refractivity contribution in [3.05, 3.63) is 35.9 Å². The lowest BCUT2D eigenvalue weighted by Gasteiger charge is -2.09. The summed E-state index contributed by atoms with van der Waals surface area (Å²) < 4.78 is 11.6. The fourth-order valence-electron chi connectivity index (χ4n) is 1.56. The molecule has 4 heteroatoms. The number of hydrogen-bond donors (Lipinski definition) is 0. The molecule has 0 spiro atoms. The molecule has 1 aromatic rings. The Morgan fingerprint density at radius 1 is 0.933 bits per heavy atom. The predicted molar refractivity (Wildman–Crippen MR) is 66.5 cm³/mol. The van der Waals surface area contributed by atoms with Crippen LogP contribution in [0.25, 0.3) is 0 Å². The summed E-state index contributed by atoms with van der Waals surface area (Å²) in [6, 6.07) is 10.0. The Balaban J connectivity index is 2.08. The minimum atomic E-state index is -0.226. The molecule has 2 atom stereocenters. The van der Waals surface area contributed by atoms with Gasteiger partial charge in [-0.05, 0) is 0 Å². The average Bonchev–Trinajstić information content (AvgIpc) is 2.73. The molecule has 0 aromatic heterocycles. The van der Waals surface area contributed by atoms with Crippen molar-refractivity contribution in [2.24, 2.45) is 0 Å². The third-order valence-corrected chi connectivity index (χ3v) is 3.66. The molecule has 1 heterocycles. The van der Waals surface area contributed by atoms with Crippen LogP contribution in [-0.2, 0) is 9.47 Å². The maximum atomic E-state index is 5.80. The lowest BCUT2D eigenvalue weighted by molar-refractivity contribution is -0.0641. The summed E-state index contributed by atoms with van der Waals surface area (Å²) in [6.45, 7) is 0. The number of rotatable bonds is 3. The molecular formula is C11H12Br2O2. The van der Waals surface area contributed by atoms with Crippen LogP contribution in [0.5, 0.6) is 0 Å². The second-order valence-electron chi connectivity index (χ2n) is 3.40. The molecule has 0 bridgehead atoms. The molecule has 0 aliphatic carbocycles. The fourth-order valence-corrected chi connectivity index (χ4v) is 2.70. The van der Waals surface area contributed by atoms with Gasteiger partial charge in [0.1, 0.15) is 0 Å². The summed E-state index contributed by atoms with van der Waals surface area (Å²) in [7, 11) is 0. The summed E-state index contributed by atoms with van der Waals surface area (Å²) in [6.07, 6.45) is 0.0143. The smallest absolute Gasteiger partial charge is 0.184 e. The molecule has 1 aliphatic heterocycles. The van der Waals surface area contributed by atoms with Crippen LogP contribution < -0.4 is 0 Å². The van der Waals surface area contributed by atoms with Crippen LogP contribution in [-0.4, -0.2) is 22.9 Å². The van der Waals surface area contributed by atoms with Crippen LogP contribution in [0, 0.1) is 0 Å². The largest absolute Gasteiger partial charge is 0.341 e. The molecule has 15 heavy (non-hydrogen) atoms. The molecule has 0 amide bonds. The molecule has 1 fully saturated rings. The fraction of sp³-hybridized carbons (Fsp3) is 0.455. The van der Waals surface area contributed by atoms with Gasteiger partial charge in [0.05, 0.1) is 12.2 Å². The minimum Gasteiger partial charge on any atom is -0.341 e. The number of ether oxygens (including phenoxy) is 2. The van der Waals surface area contributed by atoms with Gasteiger partial charge in [-0.25, -0.2) is 0 Å². The van der Waals surface area contributed by atoms with E-state index in [-0.39, 0.29) is 18.5 Å². The zero-order valence-corrected chi connectivity index (χ0v) is 11.3. The van der Waals surface area contributed by atoms with Crippen LogP contribution in [0.2, 0.25) is 0 Å². The highest BCUT2D eigenvalue weighted by atomic mass is 79.9. The molecule has 82 valence electrons. The van der Waals surface area contributed by atoms with Crippen molar-refractivity contribution >= 4 is 31.9 Å². The van der Waals surface area contributed by atoms with E-state index in [0.29, 0.717) is 0 Å². The molecule has 1 aliphatic rings. The quantitative estimate of drug-likeness (QED) is 0.789. The Morgan fingerprint density at radius 2 is 1.47 bits per heavy atom. The van der Waals surface area contributed by atoms with Crippen molar-refractivity contribution in [3.63, 3.8) is 0 Å². The van der Waals surface area contributed by atoms with Crippen LogP contribution in [0.1, 0.15) is 11.9 Å². The van der Waals surface area contributed by atoms with Crippen molar-refractivity contribution in [1.82, 2.24) is 0 Å². The van der Waals surface area contributed by atoms with Gasteiger partial charge in [-0.2, -0.15) is 0 Å². The second kappa shape index (κ2) is 5.43. The lowest BCUT2D eigenvalue weighted by Crippen LogP contribution is -2.24. The molecule has 0 saturated carbocycles. The van der Waals surface area contributed by atoms with E-state index < -0.39 is 0 Å². The summed E-state index contributed by atoms with van der Waals surface area (Å²) in [5, 5.41) is 1.60. The molecule has 2 nitrogen and oxygen atoms in total. The Labute approximate surface area is 106 Å². The standard InChI is InChI=1S/C11H12Br2O2/c12-6-9-10(7-13)15-11(14-9)8-4-2-1-3-5-8/h1-5,9-11H,6-7H2/t9-,10-/m0/s1. The number of halogens is 2. The van der Waals surface area contributed by atoms with E-state index in [9.17, 15) is 0 Å². The highest BCUT2D eigenvalue weighted by molar-refractivity contribution is 9.09. The normalized spacial score (nSPS) is 27.1.